The van der Waals surface area contributed by atoms with Crippen molar-refractivity contribution in [3.05, 3.63) is 174 Å². The largest absolute Gasteiger partial charge is 0.507 e. The van der Waals surface area contributed by atoms with E-state index in [2.05, 4.69) is 201 Å². The van der Waals surface area contributed by atoms with Gasteiger partial charge in [0.15, 0.2) is 0 Å². The molecule has 4 nitrogen and oxygen atoms in total. The number of phenolic OH excluding ortho intramolecular Hbond substituents is 1. The van der Waals surface area contributed by atoms with Crippen LogP contribution in [0.3, 0.4) is 0 Å². The monoisotopic (exact) mass is 761 g/mol. The predicted molar refractivity (Wildman–Crippen MR) is 244 cm³/mol. The summed E-state index contributed by atoms with van der Waals surface area (Å²) in [6.45, 7) is 22.5. The summed E-state index contributed by atoms with van der Waals surface area (Å²) in [5.41, 5.74) is 12.9. The van der Waals surface area contributed by atoms with Crippen LogP contribution in [0.5, 0.6) is 5.75 Å². The molecule has 1 N–H and O–H groups in total. The molecule has 292 valence electrons. The molecule has 0 atom stereocenters. The second-order valence-corrected chi connectivity index (χ2v) is 19.0. The van der Waals surface area contributed by atoms with Gasteiger partial charge in [-0.15, -0.1) is 0 Å². The van der Waals surface area contributed by atoms with E-state index in [4.69, 9.17) is 9.97 Å². The number of fused-ring (bicyclic) bond motifs is 2. The molecule has 58 heavy (non-hydrogen) atoms. The number of phenols is 1. The lowest BCUT2D eigenvalue weighted by Crippen LogP contribution is -2.28. The summed E-state index contributed by atoms with van der Waals surface area (Å²) in [6.07, 6.45) is 1.96. The molecule has 0 spiro atoms. The summed E-state index contributed by atoms with van der Waals surface area (Å²) in [6, 6.07) is 49.6. The van der Waals surface area contributed by atoms with Gasteiger partial charge in [-0.2, -0.15) is 0 Å². The Labute approximate surface area is 344 Å². The quantitative estimate of drug-likeness (QED) is 0.176. The fourth-order valence-electron chi connectivity index (χ4n) is 8.62. The smallest absolute Gasteiger partial charge is 0.145 e. The highest BCUT2D eigenvalue weighted by atomic mass is 16.3. The number of nitrogens with zero attached hydrogens (tertiary/aromatic N) is 3. The second kappa shape index (κ2) is 14.1. The minimum absolute atomic E-state index is 0.0390. The molecule has 0 aliphatic carbocycles. The summed E-state index contributed by atoms with van der Waals surface area (Å²) >= 11 is 0. The number of rotatable bonds is 7. The Bertz CT molecular complexity index is 2800. The van der Waals surface area contributed by atoms with Crippen LogP contribution in [-0.4, -0.2) is 19.6 Å². The minimum Gasteiger partial charge on any atom is -0.507 e. The van der Waals surface area contributed by atoms with Crippen molar-refractivity contribution in [3.8, 4) is 39.4 Å². The van der Waals surface area contributed by atoms with Gasteiger partial charge in [-0.05, 0) is 94.0 Å². The van der Waals surface area contributed by atoms with Crippen molar-refractivity contribution in [2.75, 3.05) is 0 Å². The molecule has 0 fully saturated rings. The van der Waals surface area contributed by atoms with Crippen LogP contribution in [0.25, 0.3) is 55.6 Å². The molecule has 0 radical (unpaired) electrons. The highest BCUT2D eigenvalue weighted by molar-refractivity contribution is 5.99. The Kier molecular flexibility index (Phi) is 9.46. The molecule has 0 aliphatic rings. The normalized spacial score (nSPS) is 12.7. The fourth-order valence-corrected chi connectivity index (χ4v) is 8.62. The van der Waals surface area contributed by atoms with Crippen LogP contribution in [0.4, 0.5) is 0 Å². The molecule has 8 aromatic rings. The number of aromatic hydroxyl groups is 1. The topological polar surface area (TPSA) is 50.9 Å². The second-order valence-electron chi connectivity index (χ2n) is 19.0. The van der Waals surface area contributed by atoms with Crippen LogP contribution < -0.4 is 0 Å². The zero-order chi connectivity index (χ0) is 41.2. The van der Waals surface area contributed by atoms with E-state index in [-0.39, 0.29) is 22.0 Å². The van der Waals surface area contributed by atoms with Crippen LogP contribution in [0.15, 0.2) is 146 Å². The summed E-state index contributed by atoms with van der Waals surface area (Å²) in [5, 5.41) is 12.8. The third-order valence-corrected chi connectivity index (χ3v) is 12.2. The number of para-hydroxylation sites is 2. The van der Waals surface area contributed by atoms with Gasteiger partial charge in [-0.3, -0.25) is 4.98 Å². The Morgan fingerprint density at radius 2 is 1.09 bits per heavy atom. The maximum absolute atomic E-state index is 11.6. The van der Waals surface area contributed by atoms with Gasteiger partial charge in [-0.1, -0.05) is 165 Å². The lowest BCUT2D eigenvalue weighted by molar-refractivity contribution is 0.448. The molecule has 0 amide bonds. The zero-order valence-electron chi connectivity index (χ0n) is 35.6. The number of aromatic nitrogens is 3. The lowest BCUT2D eigenvalue weighted by atomic mass is 9.76. The highest BCUT2D eigenvalue weighted by Gasteiger charge is 2.32. The molecule has 0 saturated carbocycles. The summed E-state index contributed by atoms with van der Waals surface area (Å²) in [4.78, 5) is 10.6. The first kappa shape index (κ1) is 38.9. The van der Waals surface area contributed by atoms with Gasteiger partial charge in [0.2, 0.25) is 0 Å². The van der Waals surface area contributed by atoms with Crippen LogP contribution in [0.1, 0.15) is 97.1 Å². The van der Waals surface area contributed by atoms with E-state index >= 15 is 0 Å². The summed E-state index contributed by atoms with van der Waals surface area (Å²) in [5.74, 6) is 0.941. The number of hydrogen-bond donors (Lipinski definition) is 1. The maximum Gasteiger partial charge on any atom is 0.145 e. The van der Waals surface area contributed by atoms with Crippen molar-refractivity contribution in [1.29, 1.82) is 0 Å². The number of benzene rings is 6. The third-order valence-electron chi connectivity index (χ3n) is 12.2. The third kappa shape index (κ3) is 6.79. The SMILES string of the molecule is CC(C)(C)c1ccc(O)c(-c2nc3c(-c4cc(-c5cccc6c(C(C)(C)C)ccnc56)cc(C(C)(C)c5ccccc5)c4)cccc3n2C(C)(C)c2ccccc2)c1. The van der Waals surface area contributed by atoms with Gasteiger partial charge in [-0.25, -0.2) is 4.98 Å². The molecule has 0 aliphatic heterocycles. The molecular weight excluding hydrogens is 707 g/mol. The first-order valence-corrected chi connectivity index (χ1v) is 20.5. The molecular formula is C54H55N3O. The van der Waals surface area contributed by atoms with Crippen molar-refractivity contribution in [2.45, 2.75) is 91.0 Å². The minimum atomic E-state index is -0.518. The lowest BCUT2D eigenvalue weighted by Gasteiger charge is -2.31. The zero-order valence-corrected chi connectivity index (χ0v) is 35.6. The first-order chi connectivity index (χ1) is 27.5. The first-order valence-electron chi connectivity index (χ1n) is 20.5. The number of imidazole rings is 1. The highest BCUT2D eigenvalue weighted by Crippen LogP contribution is 2.45. The number of pyridine rings is 1. The standard InChI is InChI=1S/C54H55N3O/c1-51(2,3)39-27-28-47(58)44(34-39)50-56-49-42(24-18-26-46(49)57(50)54(9,10)38-21-15-12-16-22-38)36-31-35(32-40(33-36)53(7,8)37-19-13-11-14-20-37)41-23-17-25-43-45(52(4,5)6)29-30-55-48(41)43/h11-34,58H,1-10H3. The van der Waals surface area contributed by atoms with E-state index in [9.17, 15) is 5.11 Å². The Hall–Kier alpha value is -6.00. The molecule has 6 aromatic carbocycles. The van der Waals surface area contributed by atoms with E-state index in [0.717, 1.165) is 61.3 Å². The van der Waals surface area contributed by atoms with E-state index in [0.29, 0.717) is 0 Å². The maximum atomic E-state index is 11.6. The van der Waals surface area contributed by atoms with Crippen LogP contribution in [0.2, 0.25) is 0 Å². The van der Waals surface area contributed by atoms with Crippen LogP contribution in [0, 0.1) is 0 Å². The van der Waals surface area contributed by atoms with E-state index < -0.39 is 5.54 Å². The van der Waals surface area contributed by atoms with E-state index in [1.54, 1.807) is 0 Å². The van der Waals surface area contributed by atoms with Crippen molar-refractivity contribution in [2.24, 2.45) is 0 Å². The van der Waals surface area contributed by atoms with Crippen molar-refractivity contribution < 1.29 is 5.11 Å². The van der Waals surface area contributed by atoms with Gasteiger partial charge in [0.25, 0.3) is 0 Å². The van der Waals surface area contributed by atoms with Gasteiger partial charge in [0, 0.05) is 28.1 Å². The van der Waals surface area contributed by atoms with Gasteiger partial charge >= 0.3 is 0 Å². The summed E-state index contributed by atoms with van der Waals surface area (Å²) < 4.78 is 2.32. The molecule has 0 bridgehead atoms. The Morgan fingerprint density at radius 1 is 0.483 bits per heavy atom. The van der Waals surface area contributed by atoms with Crippen molar-refractivity contribution in [1.82, 2.24) is 14.5 Å². The van der Waals surface area contributed by atoms with Crippen molar-refractivity contribution in [3.63, 3.8) is 0 Å². The fraction of sp³-hybridized carbons (Fsp3) is 0.259. The molecule has 0 unspecified atom stereocenters. The predicted octanol–water partition coefficient (Wildman–Crippen LogP) is 14.0. The molecule has 0 saturated heterocycles. The van der Waals surface area contributed by atoms with E-state index in [1.165, 1.54) is 22.1 Å². The molecule has 2 aromatic heterocycles. The van der Waals surface area contributed by atoms with Gasteiger partial charge in [0.05, 0.1) is 27.7 Å². The van der Waals surface area contributed by atoms with Gasteiger partial charge < -0.3 is 9.67 Å². The van der Waals surface area contributed by atoms with Crippen molar-refractivity contribution >= 4 is 21.9 Å². The Morgan fingerprint density at radius 3 is 1.71 bits per heavy atom. The van der Waals surface area contributed by atoms with Crippen LogP contribution >= 0.6 is 0 Å². The number of hydrogen-bond acceptors (Lipinski definition) is 3. The molecule has 2 heterocycles. The van der Waals surface area contributed by atoms with Gasteiger partial charge in [0.1, 0.15) is 11.6 Å². The average molecular weight is 762 g/mol. The molecule has 8 rings (SSSR count). The molecule has 4 heteroatoms. The average Bonchev–Trinajstić information content (AvgIpc) is 3.61. The summed E-state index contributed by atoms with van der Waals surface area (Å²) in [7, 11) is 0. The Balaban J connectivity index is 1.44. The van der Waals surface area contributed by atoms with E-state index in [1.807, 2.05) is 18.3 Å². The van der Waals surface area contributed by atoms with Crippen LogP contribution in [-0.2, 0) is 21.8 Å².